The fraction of sp³-hybridized carbons (Fsp3) is 0.263. The highest BCUT2D eigenvalue weighted by molar-refractivity contribution is 7.99. The first-order valence-corrected chi connectivity index (χ1v) is 10.3. The Morgan fingerprint density at radius 1 is 1.37 bits per heavy atom. The van der Waals surface area contributed by atoms with Gasteiger partial charge in [-0.05, 0) is 30.7 Å². The highest BCUT2D eigenvalue weighted by atomic mass is 35.5. The molecular weight excluding hydrogens is 430 g/mol. The number of rotatable bonds is 9. The molecule has 3 N–H and O–H groups in total. The van der Waals surface area contributed by atoms with E-state index in [4.69, 9.17) is 26.5 Å². The Hall–Kier alpha value is -2.98. The number of thioether (sulfide) groups is 1. The zero-order valence-corrected chi connectivity index (χ0v) is 17.9. The number of carbonyl (C=O) groups is 2. The van der Waals surface area contributed by atoms with E-state index >= 15 is 0 Å². The Labute approximate surface area is 181 Å². The number of ether oxygens (including phenoxy) is 1. The number of nitrogens with two attached hydrogens (primary N) is 1. The van der Waals surface area contributed by atoms with Crippen molar-refractivity contribution in [2.75, 3.05) is 18.2 Å². The molecule has 0 saturated heterocycles. The lowest BCUT2D eigenvalue weighted by Gasteiger charge is -2.12. The summed E-state index contributed by atoms with van der Waals surface area (Å²) in [6.45, 7) is 2.11. The lowest BCUT2D eigenvalue weighted by atomic mass is 10.2. The fourth-order valence-corrected chi connectivity index (χ4v) is 3.57. The number of aromatic nitrogens is 3. The zero-order chi connectivity index (χ0) is 21.7. The van der Waals surface area contributed by atoms with Gasteiger partial charge in [-0.1, -0.05) is 23.4 Å². The Morgan fingerprint density at radius 2 is 2.17 bits per heavy atom. The van der Waals surface area contributed by atoms with E-state index in [9.17, 15) is 9.59 Å². The molecule has 0 spiro atoms. The molecule has 0 unspecified atom stereocenters. The number of furan rings is 1. The summed E-state index contributed by atoms with van der Waals surface area (Å²) in [6, 6.07) is 6.86. The van der Waals surface area contributed by atoms with Crippen LogP contribution in [0.2, 0.25) is 5.02 Å². The third kappa shape index (κ3) is 5.14. The molecule has 0 aliphatic rings. The first-order chi connectivity index (χ1) is 14.4. The quantitative estimate of drug-likeness (QED) is 0.480. The molecule has 3 rings (SSSR count). The first-order valence-electron chi connectivity index (χ1n) is 8.91. The van der Waals surface area contributed by atoms with Crippen LogP contribution in [0.4, 0.5) is 5.69 Å². The van der Waals surface area contributed by atoms with Crippen molar-refractivity contribution in [1.29, 1.82) is 0 Å². The number of carbonyl (C=O) groups excluding carboxylic acids is 2. The molecule has 2 heterocycles. The lowest BCUT2D eigenvalue weighted by molar-refractivity contribution is -0.118. The molecule has 3 aromatic rings. The Bertz CT molecular complexity index is 1050. The van der Waals surface area contributed by atoms with Gasteiger partial charge in [-0.2, -0.15) is 0 Å². The smallest absolute Gasteiger partial charge is 0.234 e. The van der Waals surface area contributed by atoms with Crippen LogP contribution in [0.5, 0.6) is 5.75 Å². The number of hydrogen-bond acceptors (Lipinski definition) is 7. The van der Waals surface area contributed by atoms with Crippen LogP contribution in [0.3, 0.4) is 0 Å². The number of halogens is 1. The average Bonchev–Trinajstić information content (AvgIpc) is 3.36. The number of benzene rings is 1. The van der Waals surface area contributed by atoms with Gasteiger partial charge in [-0.3, -0.25) is 14.2 Å². The van der Waals surface area contributed by atoms with Crippen molar-refractivity contribution in [2.24, 2.45) is 5.73 Å². The average molecular weight is 450 g/mol. The van der Waals surface area contributed by atoms with Gasteiger partial charge in [0.05, 0.1) is 24.8 Å². The largest absolute Gasteiger partial charge is 0.495 e. The van der Waals surface area contributed by atoms with Gasteiger partial charge in [0.2, 0.25) is 11.8 Å². The molecule has 11 heteroatoms. The number of anilines is 1. The van der Waals surface area contributed by atoms with Crippen LogP contribution in [-0.2, 0) is 16.1 Å². The number of primary amides is 1. The highest BCUT2D eigenvalue weighted by Gasteiger charge is 2.18. The number of amides is 2. The number of methoxy groups -OCH3 is 1. The standard InChI is InChI=1S/C19H20ClN5O4S/c1-11-8-13(15(28-2)9-12(11)20)22-17(27)10-30-19-24-23-18(14-4-3-7-29-14)25(19)6-5-16(21)26/h3-4,7-9H,5-6,10H2,1-2H3,(H2,21,26)(H,22,27). The van der Waals surface area contributed by atoms with E-state index in [1.54, 1.807) is 28.8 Å². The summed E-state index contributed by atoms with van der Waals surface area (Å²) < 4.78 is 12.4. The SMILES string of the molecule is COc1cc(Cl)c(C)cc1NC(=O)CSc1nnc(-c2ccco2)n1CCC(N)=O. The highest BCUT2D eigenvalue weighted by Crippen LogP contribution is 2.31. The number of aryl methyl sites for hydroxylation is 1. The molecule has 0 atom stereocenters. The molecule has 158 valence electrons. The van der Waals surface area contributed by atoms with E-state index < -0.39 is 5.91 Å². The second kappa shape index (κ2) is 9.68. The Kier molecular flexibility index (Phi) is 7.01. The molecule has 0 saturated carbocycles. The van der Waals surface area contributed by atoms with Crippen molar-refractivity contribution < 1.29 is 18.7 Å². The van der Waals surface area contributed by atoms with Gasteiger partial charge < -0.3 is 20.2 Å². The van der Waals surface area contributed by atoms with E-state index in [2.05, 4.69) is 15.5 Å². The molecular formula is C19H20ClN5O4S. The maximum absolute atomic E-state index is 12.5. The number of nitrogens with one attached hydrogen (secondary N) is 1. The summed E-state index contributed by atoms with van der Waals surface area (Å²) in [7, 11) is 1.50. The molecule has 30 heavy (non-hydrogen) atoms. The second-order valence-electron chi connectivity index (χ2n) is 6.29. The predicted molar refractivity (Wildman–Crippen MR) is 114 cm³/mol. The minimum Gasteiger partial charge on any atom is -0.495 e. The molecule has 0 bridgehead atoms. The van der Waals surface area contributed by atoms with Crippen molar-refractivity contribution in [3.8, 4) is 17.3 Å². The van der Waals surface area contributed by atoms with Crippen LogP contribution >= 0.6 is 23.4 Å². The normalized spacial score (nSPS) is 10.8. The summed E-state index contributed by atoms with van der Waals surface area (Å²) in [5.74, 6) is 0.784. The third-order valence-electron chi connectivity index (χ3n) is 4.13. The van der Waals surface area contributed by atoms with E-state index in [0.29, 0.717) is 33.2 Å². The van der Waals surface area contributed by atoms with Gasteiger partial charge in [0.1, 0.15) is 5.75 Å². The van der Waals surface area contributed by atoms with Crippen LogP contribution in [0, 0.1) is 6.92 Å². The zero-order valence-electron chi connectivity index (χ0n) is 16.3. The second-order valence-corrected chi connectivity index (χ2v) is 7.64. The van der Waals surface area contributed by atoms with Crippen molar-refractivity contribution in [3.63, 3.8) is 0 Å². The summed E-state index contributed by atoms with van der Waals surface area (Å²) in [6.07, 6.45) is 1.62. The predicted octanol–water partition coefficient (Wildman–Crippen LogP) is 3.11. The minimum atomic E-state index is -0.451. The molecule has 2 aromatic heterocycles. The van der Waals surface area contributed by atoms with Gasteiger partial charge in [-0.15, -0.1) is 10.2 Å². The summed E-state index contributed by atoms with van der Waals surface area (Å²) in [5, 5.41) is 12.1. The Balaban J connectivity index is 1.73. The van der Waals surface area contributed by atoms with Crippen molar-refractivity contribution in [2.45, 2.75) is 25.0 Å². The fourth-order valence-electron chi connectivity index (χ4n) is 2.65. The topological polar surface area (TPSA) is 125 Å². The van der Waals surface area contributed by atoms with Crippen molar-refractivity contribution in [3.05, 3.63) is 41.1 Å². The van der Waals surface area contributed by atoms with Crippen molar-refractivity contribution >= 4 is 40.9 Å². The summed E-state index contributed by atoms with van der Waals surface area (Å²) >= 11 is 7.28. The summed E-state index contributed by atoms with van der Waals surface area (Å²) in [5.41, 5.74) is 6.62. The maximum Gasteiger partial charge on any atom is 0.234 e. The van der Waals surface area contributed by atoms with Crippen LogP contribution in [0.25, 0.3) is 11.6 Å². The Morgan fingerprint density at radius 3 is 2.83 bits per heavy atom. The van der Waals surface area contributed by atoms with E-state index in [1.165, 1.54) is 25.1 Å². The van der Waals surface area contributed by atoms with E-state index in [0.717, 1.165) is 5.56 Å². The lowest BCUT2D eigenvalue weighted by Crippen LogP contribution is -2.17. The van der Waals surface area contributed by atoms with Gasteiger partial charge in [-0.25, -0.2) is 0 Å². The number of nitrogens with zero attached hydrogens (tertiary/aromatic N) is 3. The minimum absolute atomic E-state index is 0.0672. The van der Waals surface area contributed by atoms with Gasteiger partial charge >= 0.3 is 0 Å². The van der Waals surface area contributed by atoms with Crippen molar-refractivity contribution in [1.82, 2.24) is 14.8 Å². The molecule has 0 aliphatic carbocycles. The van der Waals surface area contributed by atoms with Crippen LogP contribution in [-0.4, -0.2) is 39.4 Å². The van der Waals surface area contributed by atoms with Crippen LogP contribution in [0.1, 0.15) is 12.0 Å². The molecule has 0 radical (unpaired) electrons. The number of hydrogen-bond donors (Lipinski definition) is 2. The molecule has 0 aliphatic heterocycles. The van der Waals surface area contributed by atoms with Gasteiger partial charge in [0.15, 0.2) is 16.7 Å². The monoisotopic (exact) mass is 449 g/mol. The van der Waals surface area contributed by atoms with Crippen LogP contribution in [0.15, 0.2) is 40.1 Å². The van der Waals surface area contributed by atoms with Gasteiger partial charge in [0.25, 0.3) is 0 Å². The van der Waals surface area contributed by atoms with E-state index in [1.807, 2.05) is 6.92 Å². The van der Waals surface area contributed by atoms with Gasteiger partial charge in [0, 0.05) is 24.1 Å². The van der Waals surface area contributed by atoms with Crippen LogP contribution < -0.4 is 15.8 Å². The molecule has 9 nitrogen and oxygen atoms in total. The van der Waals surface area contributed by atoms with E-state index in [-0.39, 0.29) is 24.6 Å². The summed E-state index contributed by atoms with van der Waals surface area (Å²) in [4.78, 5) is 23.7. The maximum atomic E-state index is 12.5. The molecule has 2 amide bonds. The molecule has 1 aromatic carbocycles. The first kappa shape index (κ1) is 21.7. The molecule has 0 fully saturated rings. The third-order valence-corrected chi connectivity index (χ3v) is 5.50.